The Kier molecular flexibility index (Phi) is 7.87. The van der Waals surface area contributed by atoms with Gasteiger partial charge in [-0.1, -0.05) is 31.5 Å². The van der Waals surface area contributed by atoms with Crippen molar-refractivity contribution in [1.82, 2.24) is 5.32 Å². The lowest BCUT2D eigenvalue weighted by Crippen LogP contribution is -2.35. The van der Waals surface area contributed by atoms with Crippen LogP contribution in [-0.2, 0) is 14.8 Å². The van der Waals surface area contributed by atoms with Crippen molar-refractivity contribution in [2.75, 3.05) is 17.5 Å². The van der Waals surface area contributed by atoms with Crippen LogP contribution in [0.4, 0.5) is 5.69 Å². The minimum Gasteiger partial charge on any atom is -0.484 e. The summed E-state index contributed by atoms with van der Waals surface area (Å²) in [5.74, 6) is 0.335. The highest BCUT2D eigenvalue weighted by molar-refractivity contribution is 7.92. The summed E-state index contributed by atoms with van der Waals surface area (Å²) in [5.41, 5.74) is 0.541. The quantitative estimate of drug-likeness (QED) is 0.657. The molecule has 0 aliphatic carbocycles. The molecule has 0 bridgehead atoms. The Bertz CT molecular complexity index is 852. The summed E-state index contributed by atoms with van der Waals surface area (Å²) in [4.78, 5) is 12.1. The zero-order valence-electron chi connectivity index (χ0n) is 16.6. The van der Waals surface area contributed by atoms with E-state index in [2.05, 4.69) is 12.2 Å². The topological polar surface area (TPSA) is 75.7 Å². The maximum absolute atomic E-state index is 12.9. The van der Waals surface area contributed by atoms with Crippen LogP contribution < -0.4 is 14.4 Å². The Morgan fingerprint density at radius 3 is 2.29 bits per heavy atom. The predicted octanol–water partition coefficient (Wildman–Crippen LogP) is 3.59. The number of benzene rings is 2. The van der Waals surface area contributed by atoms with Gasteiger partial charge in [-0.3, -0.25) is 9.10 Å². The van der Waals surface area contributed by atoms with Crippen LogP contribution in [0.25, 0.3) is 0 Å². The maximum Gasteiger partial charge on any atom is 0.264 e. The van der Waals surface area contributed by atoms with Crippen molar-refractivity contribution in [2.24, 2.45) is 0 Å². The van der Waals surface area contributed by atoms with E-state index in [9.17, 15) is 13.2 Å². The molecule has 0 aliphatic heterocycles. The van der Waals surface area contributed by atoms with Crippen molar-refractivity contribution < 1.29 is 17.9 Å². The average molecular weight is 405 g/mol. The summed E-state index contributed by atoms with van der Waals surface area (Å²) in [6, 6.07) is 15.1. The van der Waals surface area contributed by atoms with Crippen LogP contribution in [-0.4, -0.2) is 33.5 Å². The molecular weight excluding hydrogens is 376 g/mol. The van der Waals surface area contributed by atoms with Crippen LogP contribution in [0.15, 0.2) is 59.5 Å². The predicted molar refractivity (Wildman–Crippen MR) is 111 cm³/mol. The zero-order valence-corrected chi connectivity index (χ0v) is 17.4. The summed E-state index contributed by atoms with van der Waals surface area (Å²) in [6.45, 7) is 6.04. The summed E-state index contributed by atoms with van der Waals surface area (Å²) in [7, 11) is -3.63. The number of hydrogen-bond acceptors (Lipinski definition) is 4. The maximum atomic E-state index is 12.9. The summed E-state index contributed by atoms with van der Waals surface area (Å²) < 4.78 is 32.6. The van der Waals surface area contributed by atoms with E-state index in [-0.39, 0.29) is 23.5 Å². The molecule has 0 saturated carbocycles. The molecule has 1 N–H and O–H groups in total. The average Bonchev–Trinajstić information content (AvgIpc) is 2.68. The molecule has 0 fully saturated rings. The van der Waals surface area contributed by atoms with Crippen LogP contribution in [0.3, 0.4) is 0 Å². The summed E-state index contributed by atoms with van der Waals surface area (Å²) in [5, 5.41) is 2.88. The van der Waals surface area contributed by atoms with Gasteiger partial charge >= 0.3 is 0 Å². The van der Waals surface area contributed by atoms with E-state index >= 15 is 0 Å². The van der Waals surface area contributed by atoms with Crippen molar-refractivity contribution in [1.29, 1.82) is 0 Å². The molecule has 2 rings (SSSR count). The van der Waals surface area contributed by atoms with Gasteiger partial charge in [0.2, 0.25) is 0 Å². The first kappa shape index (κ1) is 21.8. The van der Waals surface area contributed by atoms with Crippen molar-refractivity contribution in [3.8, 4) is 5.75 Å². The number of rotatable bonds is 10. The standard InChI is InChI=1S/C21H28N2O4S/c1-4-9-17(3)22-21(24)16-27-19-14-12-18(13-15-19)23(5-2)28(25,26)20-10-7-6-8-11-20/h6-8,10-15,17H,4-5,9,16H2,1-3H3,(H,22,24)/t17-/m1/s1. The zero-order chi connectivity index (χ0) is 20.6. The molecule has 1 atom stereocenters. The lowest BCUT2D eigenvalue weighted by Gasteiger charge is -2.23. The van der Waals surface area contributed by atoms with Gasteiger partial charge in [0.15, 0.2) is 6.61 Å². The molecule has 2 aromatic rings. The Hall–Kier alpha value is -2.54. The Morgan fingerprint density at radius 2 is 1.71 bits per heavy atom. The van der Waals surface area contributed by atoms with E-state index in [1.807, 2.05) is 6.92 Å². The SMILES string of the molecule is CCC[C@@H](C)NC(=O)COc1ccc(N(CC)S(=O)(=O)c2ccccc2)cc1. The van der Waals surface area contributed by atoms with Gasteiger partial charge in [-0.2, -0.15) is 0 Å². The van der Waals surface area contributed by atoms with E-state index < -0.39 is 10.0 Å². The Balaban J connectivity index is 2.03. The minimum atomic E-state index is -3.63. The van der Waals surface area contributed by atoms with Gasteiger partial charge in [0.1, 0.15) is 5.75 Å². The number of nitrogens with one attached hydrogen (secondary N) is 1. The number of ether oxygens (including phenoxy) is 1. The molecule has 6 nitrogen and oxygen atoms in total. The molecule has 152 valence electrons. The van der Waals surface area contributed by atoms with Gasteiger partial charge in [0.25, 0.3) is 15.9 Å². The monoisotopic (exact) mass is 404 g/mol. The van der Waals surface area contributed by atoms with Gasteiger partial charge in [-0.25, -0.2) is 8.42 Å². The van der Waals surface area contributed by atoms with E-state index in [1.54, 1.807) is 61.5 Å². The normalized spacial score (nSPS) is 12.2. The number of sulfonamides is 1. The number of amides is 1. The van der Waals surface area contributed by atoms with Gasteiger partial charge in [0, 0.05) is 12.6 Å². The van der Waals surface area contributed by atoms with Crippen molar-refractivity contribution in [3.63, 3.8) is 0 Å². The third kappa shape index (κ3) is 5.73. The Morgan fingerprint density at radius 1 is 1.07 bits per heavy atom. The third-order valence-electron chi connectivity index (χ3n) is 4.24. The second-order valence-electron chi connectivity index (χ2n) is 6.52. The first-order chi connectivity index (χ1) is 13.4. The van der Waals surface area contributed by atoms with Gasteiger partial charge in [-0.05, 0) is 56.7 Å². The fourth-order valence-corrected chi connectivity index (χ4v) is 4.38. The fraction of sp³-hybridized carbons (Fsp3) is 0.381. The van der Waals surface area contributed by atoms with Crippen molar-refractivity contribution in [3.05, 3.63) is 54.6 Å². The van der Waals surface area contributed by atoms with E-state index in [4.69, 9.17) is 4.74 Å². The number of carbonyl (C=O) groups excluding carboxylic acids is 1. The van der Waals surface area contributed by atoms with E-state index in [0.29, 0.717) is 18.0 Å². The molecule has 28 heavy (non-hydrogen) atoms. The molecule has 7 heteroatoms. The number of anilines is 1. The van der Waals surface area contributed by atoms with Gasteiger partial charge in [-0.15, -0.1) is 0 Å². The first-order valence-corrected chi connectivity index (χ1v) is 10.9. The highest BCUT2D eigenvalue weighted by Gasteiger charge is 2.23. The molecule has 0 saturated heterocycles. The van der Waals surface area contributed by atoms with Gasteiger partial charge in [0.05, 0.1) is 10.6 Å². The second kappa shape index (κ2) is 10.1. The largest absolute Gasteiger partial charge is 0.484 e. The van der Waals surface area contributed by atoms with Crippen molar-refractivity contribution in [2.45, 2.75) is 44.6 Å². The second-order valence-corrected chi connectivity index (χ2v) is 8.38. The van der Waals surface area contributed by atoms with Crippen LogP contribution in [0.5, 0.6) is 5.75 Å². The fourth-order valence-electron chi connectivity index (χ4n) is 2.89. The lowest BCUT2D eigenvalue weighted by atomic mass is 10.2. The highest BCUT2D eigenvalue weighted by Crippen LogP contribution is 2.25. The smallest absolute Gasteiger partial charge is 0.264 e. The van der Waals surface area contributed by atoms with Crippen molar-refractivity contribution >= 4 is 21.6 Å². The molecule has 0 spiro atoms. The van der Waals surface area contributed by atoms with Crippen LogP contribution >= 0.6 is 0 Å². The molecule has 0 radical (unpaired) electrons. The van der Waals surface area contributed by atoms with Crippen LogP contribution in [0.1, 0.15) is 33.6 Å². The molecule has 0 aromatic heterocycles. The molecular formula is C21H28N2O4S. The number of nitrogens with zero attached hydrogens (tertiary/aromatic N) is 1. The summed E-state index contributed by atoms with van der Waals surface area (Å²) in [6.07, 6.45) is 1.92. The molecule has 0 heterocycles. The number of carbonyl (C=O) groups is 1. The highest BCUT2D eigenvalue weighted by atomic mass is 32.2. The molecule has 1 amide bonds. The van der Waals surface area contributed by atoms with Crippen LogP contribution in [0, 0.1) is 0 Å². The Labute approximate surface area is 167 Å². The minimum absolute atomic E-state index is 0.0762. The first-order valence-electron chi connectivity index (χ1n) is 9.48. The van der Waals surface area contributed by atoms with Gasteiger partial charge < -0.3 is 10.1 Å². The lowest BCUT2D eigenvalue weighted by molar-refractivity contribution is -0.123. The van der Waals surface area contributed by atoms with Crippen LogP contribution in [0.2, 0.25) is 0 Å². The molecule has 2 aromatic carbocycles. The van der Waals surface area contributed by atoms with E-state index in [0.717, 1.165) is 12.8 Å². The molecule has 0 unspecified atom stereocenters. The number of hydrogen-bond donors (Lipinski definition) is 1. The molecule has 0 aliphatic rings. The summed E-state index contributed by atoms with van der Waals surface area (Å²) >= 11 is 0. The van der Waals surface area contributed by atoms with E-state index in [1.165, 1.54) is 4.31 Å². The third-order valence-corrected chi connectivity index (χ3v) is 6.16.